The van der Waals surface area contributed by atoms with E-state index < -0.39 is 0 Å². The van der Waals surface area contributed by atoms with Gasteiger partial charge >= 0.3 is 0 Å². The molecule has 2 saturated heterocycles. The van der Waals surface area contributed by atoms with Crippen LogP contribution < -0.4 is 5.32 Å². The van der Waals surface area contributed by atoms with Crippen LogP contribution in [0.15, 0.2) is 0 Å². The van der Waals surface area contributed by atoms with E-state index in [0.29, 0.717) is 18.9 Å². The van der Waals surface area contributed by atoms with Crippen LogP contribution in [0.4, 0.5) is 0 Å². The molecule has 4 heteroatoms. The number of carbonyl (C=O) groups is 1. The molecule has 0 radical (unpaired) electrons. The quantitative estimate of drug-likeness (QED) is 0.690. The van der Waals surface area contributed by atoms with Gasteiger partial charge in [0.15, 0.2) is 0 Å². The molecule has 0 saturated carbocycles. The zero-order valence-corrected chi connectivity index (χ0v) is 9.11. The number of likely N-dealkylation sites (tertiary alicyclic amines) is 1. The third-order valence-corrected chi connectivity index (χ3v) is 3.44. The summed E-state index contributed by atoms with van der Waals surface area (Å²) < 4.78 is 0. The fourth-order valence-corrected chi connectivity index (χ4v) is 2.41. The lowest BCUT2D eigenvalue weighted by Gasteiger charge is -2.16. The molecule has 15 heavy (non-hydrogen) atoms. The highest BCUT2D eigenvalue weighted by molar-refractivity contribution is 5.76. The summed E-state index contributed by atoms with van der Waals surface area (Å²) >= 11 is 0. The van der Waals surface area contributed by atoms with Crippen LogP contribution in [0, 0.1) is 5.92 Å². The van der Waals surface area contributed by atoms with Gasteiger partial charge in [0.05, 0.1) is 6.10 Å². The number of amides is 1. The zero-order valence-electron chi connectivity index (χ0n) is 9.11. The number of rotatable bonds is 3. The summed E-state index contributed by atoms with van der Waals surface area (Å²) in [5, 5.41) is 12.6. The topological polar surface area (TPSA) is 52.6 Å². The largest absolute Gasteiger partial charge is 0.391 e. The fourth-order valence-electron chi connectivity index (χ4n) is 2.41. The molecule has 0 aromatic rings. The molecule has 2 atom stereocenters. The first-order chi connectivity index (χ1) is 7.25. The summed E-state index contributed by atoms with van der Waals surface area (Å²) in [4.78, 5) is 13.5. The van der Waals surface area contributed by atoms with Gasteiger partial charge in [-0.1, -0.05) is 0 Å². The Morgan fingerprint density at radius 2 is 2.33 bits per heavy atom. The van der Waals surface area contributed by atoms with Crippen molar-refractivity contribution in [3.63, 3.8) is 0 Å². The molecule has 0 aromatic carbocycles. The molecule has 2 aliphatic rings. The highest BCUT2D eigenvalue weighted by Crippen LogP contribution is 2.17. The summed E-state index contributed by atoms with van der Waals surface area (Å²) in [5.41, 5.74) is 0. The number of carbonyl (C=O) groups excluding carboxylic acids is 1. The molecular formula is C11H20N2O2. The number of aliphatic hydroxyl groups is 1. The number of nitrogens with zero attached hydrogens (tertiary/aromatic N) is 1. The van der Waals surface area contributed by atoms with Crippen LogP contribution in [0.25, 0.3) is 0 Å². The Bertz CT molecular complexity index is 227. The van der Waals surface area contributed by atoms with Crippen LogP contribution in [-0.2, 0) is 4.79 Å². The maximum atomic E-state index is 11.7. The molecule has 0 spiro atoms. The van der Waals surface area contributed by atoms with Gasteiger partial charge < -0.3 is 15.3 Å². The van der Waals surface area contributed by atoms with Crippen molar-refractivity contribution in [2.45, 2.75) is 31.8 Å². The van der Waals surface area contributed by atoms with Crippen molar-refractivity contribution in [1.29, 1.82) is 0 Å². The molecule has 4 nitrogen and oxygen atoms in total. The molecule has 86 valence electrons. The molecule has 0 aliphatic carbocycles. The van der Waals surface area contributed by atoms with E-state index in [2.05, 4.69) is 5.32 Å². The molecule has 0 aromatic heterocycles. The molecule has 0 bridgehead atoms. The number of hydrogen-bond donors (Lipinski definition) is 2. The smallest absolute Gasteiger partial charge is 0.222 e. The molecule has 2 N–H and O–H groups in total. The first kappa shape index (κ1) is 10.9. The van der Waals surface area contributed by atoms with Gasteiger partial charge in [0.1, 0.15) is 0 Å². The van der Waals surface area contributed by atoms with E-state index in [1.54, 1.807) is 4.90 Å². The minimum absolute atomic E-state index is 0.221. The van der Waals surface area contributed by atoms with Crippen molar-refractivity contribution in [2.75, 3.05) is 26.2 Å². The second-order valence-corrected chi connectivity index (χ2v) is 4.68. The van der Waals surface area contributed by atoms with Gasteiger partial charge in [0.2, 0.25) is 5.91 Å². The van der Waals surface area contributed by atoms with E-state index in [-0.39, 0.29) is 12.0 Å². The molecule has 2 heterocycles. The lowest BCUT2D eigenvalue weighted by Crippen LogP contribution is -2.29. The van der Waals surface area contributed by atoms with Gasteiger partial charge in [0.25, 0.3) is 0 Å². The van der Waals surface area contributed by atoms with Crippen LogP contribution in [0.3, 0.4) is 0 Å². The maximum absolute atomic E-state index is 11.7. The summed E-state index contributed by atoms with van der Waals surface area (Å²) in [5.74, 6) is 0.903. The SMILES string of the molecule is O=C(CCC1CCNC1)N1CC[C@H](O)C1. The molecule has 1 amide bonds. The van der Waals surface area contributed by atoms with Gasteiger partial charge in [-0.2, -0.15) is 0 Å². The van der Waals surface area contributed by atoms with Crippen LogP contribution in [0.1, 0.15) is 25.7 Å². The van der Waals surface area contributed by atoms with E-state index in [4.69, 9.17) is 0 Å². The van der Waals surface area contributed by atoms with Crippen molar-refractivity contribution in [3.05, 3.63) is 0 Å². The highest BCUT2D eigenvalue weighted by atomic mass is 16.3. The normalized spacial score (nSPS) is 31.1. The monoisotopic (exact) mass is 212 g/mol. The van der Waals surface area contributed by atoms with Crippen LogP contribution >= 0.6 is 0 Å². The van der Waals surface area contributed by atoms with Gasteiger partial charge in [-0.15, -0.1) is 0 Å². The molecule has 2 rings (SSSR count). The number of β-amino-alcohol motifs (C(OH)–C–C–N with tert-alkyl or cyclic N) is 1. The Kier molecular flexibility index (Phi) is 3.59. The average molecular weight is 212 g/mol. The number of nitrogens with one attached hydrogen (secondary N) is 1. The Labute approximate surface area is 90.6 Å². The van der Waals surface area contributed by atoms with E-state index >= 15 is 0 Å². The third-order valence-electron chi connectivity index (χ3n) is 3.44. The zero-order chi connectivity index (χ0) is 10.7. The van der Waals surface area contributed by atoms with Gasteiger partial charge in [-0.25, -0.2) is 0 Å². The molecular weight excluding hydrogens is 192 g/mol. The Morgan fingerprint density at radius 3 is 2.93 bits per heavy atom. The van der Waals surface area contributed by atoms with Gasteiger partial charge in [-0.3, -0.25) is 4.79 Å². The summed E-state index contributed by atoms with van der Waals surface area (Å²) in [6.45, 7) is 3.45. The minimum Gasteiger partial charge on any atom is -0.391 e. The van der Waals surface area contributed by atoms with Gasteiger partial charge in [0, 0.05) is 19.5 Å². The van der Waals surface area contributed by atoms with Crippen molar-refractivity contribution in [3.8, 4) is 0 Å². The summed E-state index contributed by atoms with van der Waals surface area (Å²) in [6, 6.07) is 0. The van der Waals surface area contributed by atoms with E-state index in [1.165, 1.54) is 6.42 Å². The molecule has 1 unspecified atom stereocenters. The second-order valence-electron chi connectivity index (χ2n) is 4.68. The highest BCUT2D eigenvalue weighted by Gasteiger charge is 2.25. The standard InChI is InChI=1S/C11H20N2O2/c14-10-4-6-13(8-10)11(15)2-1-9-3-5-12-7-9/h9-10,12,14H,1-8H2/t9?,10-/m0/s1. The first-order valence-electron chi connectivity index (χ1n) is 5.92. The lowest BCUT2D eigenvalue weighted by molar-refractivity contribution is -0.130. The molecule has 2 fully saturated rings. The Morgan fingerprint density at radius 1 is 1.47 bits per heavy atom. The predicted octanol–water partition coefficient (Wildman–Crippen LogP) is -0.0307. The van der Waals surface area contributed by atoms with Crippen molar-refractivity contribution in [1.82, 2.24) is 10.2 Å². The van der Waals surface area contributed by atoms with E-state index in [9.17, 15) is 9.90 Å². The van der Waals surface area contributed by atoms with Gasteiger partial charge in [-0.05, 0) is 38.3 Å². The van der Waals surface area contributed by atoms with Crippen molar-refractivity contribution < 1.29 is 9.90 Å². The van der Waals surface area contributed by atoms with Crippen LogP contribution in [0.5, 0.6) is 0 Å². The predicted molar refractivity (Wildman–Crippen MR) is 57.4 cm³/mol. The van der Waals surface area contributed by atoms with Crippen molar-refractivity contribution in [2.24, 2.45) is 5.92 Å². The Hall–Kier alpha value is -0.610. The maximum Gasteiger partial charge on any atom is 0.222 e. The second kappa shape index (κ2) is 4.94. The Balaban J connectivity index is 1.67. The van der Waals surface area contributed by atoms with Crippen molar-refractivity contribution >= 4 is 5.91 Å². The van der Waals surface area contributed by atoms with E-state index in [1.807, 2.05) is 0 Å². The lowest BCUT2D eigenvalue weighted by atomic mass is 10.0. The van der Waals surface area contributed by atoms with Crippen LogP contribution in [-0.4, -0.2) is 48.2 Å². The fraction of sp³-hybridized carbons (Fsp3) is 0.909. The summed E-state index contributed by atoms with van der Waals surface area (Å²) in [6.07, 6.45) is 3.31. The van der Waals surface area contributed by atoms with Crippen LogP contribution in [0.2, 0.25) is 0 Å². The third kappa shape index (κ3) is 2.92. The average Bonchev–Trinajstić information content (AvgIpc) is 2.84. The molecule has 2 aliphatic heterocycles. The number of hydrogen-bond acceptors (Lipinski definition) is 3. The number of aliphatic hydroxyl groups excluding tert-OH is 1. The first-order valence-corrected chi connectivity index (χ1v) is 5.92. The minimum atomic E-state index is -0.290. The summed E-state index contributed by atoms with van der Waals surface area (Å²) in [7, 11) is 0. The van der Waals surface area contributed by atoms with E-state index in [0.717, 1.165) is 32.5 Å².